The monoisotopic (exact) mass is 293 g/mol. The number of alkyl halides is 3. The van der Waals surface area contributed by atoms with Crippen molar-refractivity contribution in [2.24, 2.45) is 0 Å². The molecule has 1 aromatic rings. The minimum Gasteiger partial charge on any atom is -0.382 e. The number of nitrogens with one attached hydrogen (secondary N) is 1. The predicted molar refractivity (Wildman–Crippen MR) is 63.3 cm³/mol. The van der Waals surface area contributed by atoms with Gasteiger partial charge in [0.15, 0.2) is 0 Å². The van der Waals surface area contributed by atoms with Gasteiger partial charge in [0.05, 0.1) is 6.54 Å². The maximum atomic E-state index is 11.9. The number of halogens is 3. The highest BCUT2D eigenvalue weighted by Gasteiger charge is 2.28. The first-order valence-electron chi connectivity index (χ1n) is 5.54. The molecular weight excluding hydrogens is 279 g/mol. The lowest BCUT2D eigenvalue weighted by atomic mass is 10.4. The molecule has 0 aliphatic rings. The molecule has 0 aromatic carbocycles. The van der Waals surface area contributed by atoms with E-state index in [0.717, 1.165) is 4.90 Å². The van der Waals surface area contributed by atoms with Crippen molar-refractivity contribution in [1.29, 1.82) is 0 Å². The van der Waals surface area contributed by atoms with E-state index in [9.17, 15) is 22.8 Å². The summed E-state index contributed by atoms with van der Waals surface area (Å²) in [6.07, 6.45) is -3.00. The lowest BCUT2D eigenvalue weighted by Gasteiger charge is -2.17. The molecule has 1 rings (SSSR count). The van der Waals surface area contributed by atoms with Crippen LogP contribution in [0.5, 0.6) is 0 Å². The lowest BCUT2D eigenvalue weighted by Crippen LogP contribution is -2.42. The molecule has 0 aliphatic carbocycles. The third-order valence-corrected chi connectivity index (χ3v) is 2.25. The molecule has 0 spiro atoms. The highest BCUT2D eigenvalue weighted by atomic mass is 19.4. The highest BCUT2D eigenvalue weighted by molar-refractivity contribution is 5.84. The summed E-state index contributed by atoms with van der Waals surface area (Å²) in [5, 5.41) is 5.45. The van der Waals surface area contributed by atoms with E-state index >= 15 is 0 Å². The average Bonchev–Trinajstić information content (AvgIpc) is 2.71. The number of carbonyl (C=O) groups is 2. The van der Waals surface area contributed by atoms with E-state index in [-0.39, 0.29) is 12.4 Å². The van der Waals surface area contributed by atoms with Crippen LogP contribution in [0.15, 0.2) is 12.3 Å². The van der Waals surface area contributed by atoms with Crippen molar-refractivity contribution in [3.8, 4) is 0 Å². The number of nitrogens with two attached hydrogens (primary N) is 1. The predicted octanol–water partition coefficient (Wildman–Crippen LogP) is -0.398. The Labute approximate surface area is 112 Å². The zero-order valence-electron chi connectivity index (χ0n) is 10.6. The van der Waals surface area contributed by atoms with E-state index in [0.29, 0.717) is 0 Å². The van der Waals surface area contributed by atoms with Gasteiger partial charge in [-0.2, -0.15) is 18.3 Å². The fraction of sp³-hybridized carbons (Fsp3) is 0.500. The zero-order valence-corrected chi connectivity index (χ0v) is 10.6. The number of carbonyl (C=O) groups excluding carboxylic acids is 2. The van der Waals surface area contributed by atoms with Gasteiger partial charge >= 0.3 is 6.18 Å². The van der Waals surface area contributed by atoms with E-state index in [2.05, 4.69) is 5.10 Å². The van der Waals surface area contributed by atoms with Gasteiger partial charge in [-0.3, -0.25) is 14.3 Å². The first kappa shape index (κ1) is 15.8. The van der Waals surface area contributed by atoms with Crippen LogP contribution in [0.2, 0.25) is 0 Å². The van der Waals surface area contributed by atoms with E-state index in [1.807, 2.05) is 0 Å². The van der Waals surface area contributed by atoms with Crippen molar-refractivity contribution >= 4 is 17.6 Å². The summed E-state index contributed by atoms with van der Waals surface area (Å²) in [4.78, 5) is 23.9. The number of likely N-dealkylation sites (N-methyl/N-ethyl adjacent to an activating group) is 1. The summed E-state index contributed by atoms with van der Waals surface area (Å²) in [5.74, 6) is -1.13. The Morgan fingerprint density at radius 1 is 1.50 bits per heavy atom. The number of aromatic nitrogens is 2. The number of nitrogen functional groups attached to an aromatic ring is 1. The maximum absolute atomic E-state index is 11.9. The Morgan fingerprint density at radius 2 is 2.15 bits per heavy atom. The van der Waals surface area contributed by atoms with Gasteiger partial charge in [-0.25, -0.2) is 0 Å². The number of anilines is 1. The van der Waals surface area contributed by atoms with Crippen LogP contribution in [0.25, 0.3) is 0 Å². The van der Waals surface area contributed by atoms with Gasteiger partial charge in [-0.05, 0) is 6.07 Å². The molecule has 0 saturated carbocycles. The Bertz CT molecular complexity index is 485. The van der Waals surface area contributed by atoms with Crippen LogP contribution in [0.3, 0.4) is 0 Å². The Balaban J connectivity index is 2.39. The van der Waals surface area contributed by atoms with Crippen LogP contribution in [0.4, 0.5) is 19.0 Å². The number of hydrogen-bond acceptors (Lipinski definition) is 4. The minimum absolute atomic E-state index is 0.153. The Hall–Kier alpha value is -2.26. The van der Waals surface area contributed by atoms with Gasteiger partial charge in [0.2, 0.25) is 11.8 Å². The van der Waals surface area contributed by atoms with Crippen molar-refractivity contribution in [3.63, 3.8) is 0 Å². The second-order valence-electron chi connectivity index (χ2n) is 4.08. The minimum atomic E-state index is -4.48. The van der Waals surface area contributed by atoms with Crippen LogP contribution < -0.4 is 11.1 Å². The van der Waals surface area contributed by atoms with Gasteiger partial charge in [0, 0.05) is 13.2 Å². The molecule has 1 aromatic heterocycles. The molecule has 1 heterocycles. The lowest BCUT2D eigenvalue weighted by molar-refractivity contribution is -0.141. The molecule has 10 heteroatoms. The Morgan fingerprint density at radius 3 is 2.65 bits per heavy atom. The third-order valence-electron chi connectivity index (χ3n) is 2.25. The summed E-state index contributed by atoms with van der Waals surface area (Å²) in [7, 11) is 1.31. The standard InChI is InChI=1S/C10H14F3N5O2/c1-17(4-8(19)15-6-10(11,12)13)9(20)5-18-3-2-7(14)16-18/h2-3H,4-6H2,1H3,(H2,14,16)(H,15,19). The second kappa shape index (κ2) is 6.26. The van der Waals surface area contributed by atoms with Crippen LogP contribution in [-0.4, -0.2) is 52.8 Å². The smallest absolute Gasteiger partial charge is 0.382 e. The van der Waals surface area contributed by atoms with Gasteiger partial charge in [-0.1, -0.05) is 0 Å². The Kier molecular flexibility index (Phi) is 4.94. The molecule has 20 heavy (non-hydrogen) atoms. The topological polar surface area (TPSA) is 93.2 Å². The first-order chi connectivity index (χ1) is 9.17. The number of hydrogen-bond donors (Lipinski definition) is 2. The summed E-state index contributed by atoms with van der Waals surface area (Å²) in [5.41, 5.74) is 5.36. The third kappa shape index (κ3) is 5.59. The van der Waals surface area contributed by atoms with Crippen LogP contribution in [0, 0.1) is 0 Å². The molecule has 0 fully saturated rings. The SMILES string of the molecule is CN(CC(=O)NCC(F)(F)F)C(=O)Cn1ccc(N)n1. The van der Waals surface area contributed by atoms with E-state index in [4.69, 9.17) is 5.73 Å². The van der Waals surface area contributed by atoms with Crippen LogP contribution in [0.1, 0.15) is 0 Å². The van der Waals surface area contributed by atoms with Gasteiger partial charge in [0.1, 0.15) is 18.9 Å². The van der Waals surface area contributed by atoms with Gasteiger partial charge in [0.25, 0.3) is 0 Å². The second-order valence-corrected chi connectivity index (χ2v) is 4.08. The highest BCUT2D eigenvalue weighted by Crippen LogP contribution is 2.11. The maximum Gasteiger partial charge on any atom is 0.405 e. The quantitative estimate of drug-likeness (QED) is 0.772. The molecule has 0 saturated heterocycles. The molecule has 0 aliphatic heterocycles. The molecule has 0 atom stereocenters. The number of amides is 2. The van der Waals surface area contributed by atoms with E-state index in [1.165, 1.54) is 24.0 Å². The van der Waals surface area contributed by atoms with E-state index < -0.39 is 31.1 Å². The van der Waals surface area contributed by atoms with Crippen LogP contribution in [-0.2, 0) is 16.1 Å². The van der Waals surface area contributed by atoms with Crippen molar-refractivity contribution in [3.05, 3.63) is 12.3 Å². The molecule has 3 N–H and O–H groups in total. The van der Waals surface area contributed by atoms with Gasteiger partial charge in [-0.15, -0.1) is 0 Å². The molecular formula is C10H14F3N5O2. The summed E-state index contributed by atoms with van der Waals surface area (Å²) >= 11 is 0. The number of rotatable bonds is 5. The van der Waals surface area contributed by atoms with E-state index in [1.54, 1.807) is 5.32 Å². The van der Waals surface area contributed by atoms with Crippen molar-refractivity contribution in [1.82, 2.24) is 20.0 Å². The first-order valence-corrected chi connectivity index (χ1v) is 5.54. The van der Waals surface area contributed by atoms with Crippen molar-refractivity contribution in [2.75, 3.05) is 25.9 Å². The fourth-order valence-electron chi connectivity index (χ4n) is 1.28. The largest absolute Gasteiger partial charge is 0.405 e. The summed E-state index contributed by atoms with van der Waals surface area (Å²) in [6, 6.07) is 1.49. The van der Waals surface area contributed by atoms with Crippen LogP contribution >= 0.6 is 0 Å². The molecule has 0 bridgehead atoms. The molecule has 112 valence electrons. The normalized spacial score (nSPS) is 11.2. The fourth-order valence-corrected chi connectivity index (χ4v) is 1.28. The van der Waals surface area contributed by atoms with Crippen molar-refractivity contribution in [2.45, 2.75) is 12.7 Å². The van der Waals surface area contributed by atoms with Crippen molar-refractivity contribution < 1.29 is 22.8 Å². The number of nitrogens with zero attached hydrogens (tertiary/aromatic N) is 3. The van der Waals surface area contributed by atoms with Gasteiger partial charge < -0.3 is 16.0 Å². The molecule has 0 unspecified atom stereocenters. The molecule has 0 radical (unpaired) electrons. The average molecular weight is 293 g/mol. The zero-order chi connectivity index (χ0) is 15.3. The summed E-state index contributed by atoms with van der Waals surface area (Å²) < 4.78 is 36.9. The molecule has 2 amide bonds. The molecule has 7 nitrogen and oxygen atoms in total. The summed E-state index contributed by atoms with van der Waals surface area (Å²) in [6.45, 7) is -2.05.